The molecule has 0 aliphatic heterocycles. The Balaban J connectivity index is 1.58. The van der Waals surface area contributed by atoms with E-state index >= 15 is 0 Å². The first-order chi connectivity index (χ1) is 12.0. The third-order valence-electron chi connectivity index (χ3n) is 3.60. The van der Waals surface area contributed by atoms with Crippen molar-refractivity contribution in [3.8, 4) is 11.3 Å². The second kappa shape index (κ2) is 7.76. The molecular formula is C19H17ClN2O2S. The predicted molar refractivity (Wildman–Crippen MR) is 102 cm³/mol. The van der Waals surface area contributed by atoms with Gasteiger partial charge in [-0.3, -0.25) is 4.79 Å². The number of halogens is 1. The summed E-state index contributed by atoms with van der Waals surface area (Å²) in [5.74, 6) is 0.783. The van der Waals surface area contributed by atoms with Crippen LogP contribution >= 0.6 is 23.4 Å². The Morgan fingerprint density at radius 2 is 1.96 bits per heavy atom. The molecule has 0 atom stereocenters. The normalized spacial score (nSPS) is 10.7. The van der Waals surface area contributed by atoms with Gasteiger partial charge in [0.2, 0.25) is 5.91 Å². The lowest BCUT2D eigenvalue weighted by atomic mass is 10.1. The minimum atomic E-state index is -0.0943. The van der Waals surface area contributed by atoms with Crippen molar-refractivity contribution in [2.45, 2.75) is 19.1 Å². The Bertz CT molecular complexity index is 891. The molecule has 0 radical (unpaired) electrons. The molecule has 0 saturated heterocycles. The molecule has 128 valence electrons. The van der Waals surface area contributed by atoms with Gasteiger partial charge in [0.25, 0.3) is 5.22 Å². The largest absolute Gasteiger partial charge is 0.431 e. The van der Waals surface area contributed by atoms with Crippen LogP contribution in [0.2, 0.25) is 5.02 Å². The van der Waals surface area contributed by atoms with E-state index in [1.807, 2.05) is 44.2 Å². The summed E-state index contributed by atoms with van der Waals surface area (Å²) >= 11 is 7.14. The predicted octanol–water partition coefficient (Wildman–Crippen LogP) is 5.34. The second-order valence-corrected chi connectivity index (χ2v) is 7.02. The van der Waals surface area contributed by atoms with Crippen LogP contribution in [0.4, 0.5) is 5.69 Å². The highest BCUT2D eigenvalue weighted by molar-refractivity contribution is 7.99. The Morgan fingerprint density at radius 1 is 1.20 bits per heavy atom. The second-order valence-electron chi connectivity index (χ2n) is 5.65. The first-order valence-electron chi connectivity index (χ1n) is 7.73. The molecule has 0 unspecified atom stereocenters. The monoisotopic (exact) mass is 372 g/mol. The summed E-state index contributed by atoms with van der Waals surface area (Å²) in [6.45, 7) is 4.00. The van der Waals surface area contributed by atoms with Crippen LogP contribution in [-0.2, 0) is 4.79 Å². The maximum Gasteiger partial charge on any atom is 0.256 e. The molecule has 6 heteroatoms. The number of amides is 1. The molecule has 4 nitrogen and oxygen atoms in total. The highest BCUT2D eigenvalue weighted by atomic mass is 35.5. The molecule has 0 aliphatic rings. The molecule has 1 amide bonds. The van der Waals surface area contributed by atoms with Crippen LogP contribution in [0.3, 0.4) is 0 Å². The molecule has 0 spiro atoms. The van der Waals surface area contributed by atoms with Crippen molar-refractivity contribution < 1.29 is 9.21 Å². The molecular weight excluding hydrogens is 356 g/mol. The van der Waals surface area contributed by atoms with Gasteiger partial charge in [-0.25, -0.2) is 4.98 Å². The van der Waals surface area contributed by atoms with Crippen LogP contribution in [0.25, 0.3) is 11.3 Å². The maximum absolute atomic E-state index is 12.1. The number of oxazole rings is 1. The number of aromatic nitrogens is 1. The lowest BCUT2D eigenvalue weighted by molar-refractivity contribution is -0.113. The van der Waals surface area contributed by atoms with E-state index in [0.717, 1.165) is 16.8 Å². The number of carbonyl (C=O) groups excluding carboxylic acids is 1. The van der Waals surface area contributed by atoms with E-state index in [2.05, 4.69) is 10.3 Å². The maximum atomic E-state index is 12.1. The van der Waals surface area contributed by atoms with Crippen molar-refractivity contribution in [1.29, 1.82) is 0 Å². The van der Waals surface area contributed by atoms with Crippen molar-refractivity contribution in [3.63, 3.8) is 0 Å². The van der Waals surface area contributed by atoms with E-state index < -0.39 is 0 Å². The minimum Gasteiger partial charge on any atom is -0.431 e. The number of thioether (sulfide) groups is 1. The van der Waals surface area contributed by atoms with E-state index in [-0.39, 0.29) is 11.7 Å². The number of rotatable bonds is 5. The summed E-state index contributed by atoms with van der Waals surface area (Å²) in [5, 5.41) is 4.04. The van der Waals surface area contributed by atoms with Crippen LogP contribution in [-0.4, -0.2) is 16.6 Å². The standard InChI is InChI=1S/C19H17ClN2O2S/c1-12-3-8-16(13(2)9-12)22-18(23)11-25-19-21-10-17(24-19)14-4-6-15(20)7-5-14/h3-10H,11H2,1-2H3,(H,22,23). The zero-order valence-corrected chi connectivity index (χ0v) is 15.4. The summed E-state index contributed by atoms with van der Waals surface area (Å²) in [6.07, 6.45) is 1.65. The average Bonchev–Trinajstić information content (AvgIpc) is 3.05. The van der Waals surface area contributed by atoms with Crippen LogP contribution in [0.15, 0.2) is 58.3 Å². The van der Waals surface area contributed by atoms with Gasteiger partial charge < -0.3 is 9.73 Å². The quantitative estimate of drug-likeness (QED) is 0.614. The third kappa shape index (κ3) is 4.65. The number of nitrogens with one attached hydrogen (secondary N) is 1. The number of aryl methyl sites for hydroxylation is 2. The van der Waals surface area contributed by atoms with Gasteiger partial charge in [-0.2, -0.15) is 0 Å². The number of hydrogen-bond acceptors (Lipinski definition) is 4. The lowest BCUT2D eigenvalue weighted by Gasteiger charge is -2.08. The van der Waals surface area contributed by atoms with Crippen LogP contribution in [0, 0.1) is 13.8 Å². The molecule has 25 heavy (non-hydrogen) atoms. The first kappa shape index (κ1) is 17.6. The van der Waals surface area contributed by atoms with Crippen molar-refractivity contribution in [1.82, 2.24) is 4.98 Å². The topological polar surface area (TPSA) is 55.1 Å². The van der Waals surface area contributed by atoms with Crippen molar-refractivity contribution in [3.05, 3.63) is 64.8 Å². The number of benzene rings is 2. The molecule has 1 heterocycles. The number of anilines is 1. The average molecular weight is 373 g/mol. The fourth-order valence-electron chi connectivity index (χ4n) is 2.34. The van der Waals surface area contributed by atoms with Gasteiger partial charge in [-0.1, -0.05) is 41.1 Å². The molecule has 2 aromatic carbocycles. The van der Waals surface area contributed by atoms with Gasteiger partial charge in [0, 0.05) is 16.3 Å². The highest BCUT2D eigenvalue weighted by Gasteiger charge is 2.10. The summed E-state index contributed by atoms with van der Waals surface area (Å²) in [6, 6.07) is 13.2. The molecule has 1 aromatic heterocycles. The molecule has 0 aliphatic carbocycles. The van der Waals surface area contributed by atoms with E-state index in [4.69, 9.17) is 16.0 Å². The van der Waals surface area contributed by atoms with E-state index in [1.165, 1.54) is 17.3 Å². The summed E-state index contributed by atoms with van der Waals surface area (Å²) in [4.78, 5) is 16.3. The van der Waals surface area contributed by atoms with E-state index in [9.17, 15) is 4.79 Å². The molecule has 0 fully saturated rings. The molecule has 0 saturated carbocycles. The van der Waals surface area contributed by atoms with Gasteiger partial charge >= 0.3 is 0 Å². The van der Waals surface area contributed by atoms with Crippen LogP contribution in [0.1, 0.15) is 11.1 Å². The smallest absolute Gasteiger partial charge is 0.256 e. The Morgan fingerprint density at radius 3 is 2.68 bits per heavy atom. The Kier molecular flexibility index (Phi) is 5.46. The summed E-state index contributed by atoms with van der Waals surface area (Å²) < 4.78 is 5.68. The van der Waals surface area contributed by atoms with Gasteiger partial charge in [0.15, 0.2) is 5.76 Å². The Labute approximate surface area is 155 Å². The summed E-state index contributed by atoms with van der Waals surface area (Å²) in [7, 11) is 0. The number of nitrogens with zero attached hydrogens (tertiary/aromatic N) is 1. The number of carbonyl (C=O) groups is 1. The van der Waals surface area contributed by atoms with Gasteiger partial charge in [-0.05, 0) is 49.7 Å². The third-order valence-corrected chi connectivity index (χ3v) is 4.69. The van der Waals surface area contributed by atoms with Gasteiger partial charge in [0.05, 0.1) is 11.9 Å². The zero-order chi connectivity index (χ0) is 17.8. The van der Waals surface area contributed by atoms with Crippen molar-refractivity contribution in [2.24, 2.45) is 0 Å². The van der Waals surface area contributed by atoms with Gasteiger partial charge in [-0.15, -0.1) is 0 Å². The van der Waals surface area contributed by atoms with E-state index in [1.54, 1.807) is 18.3 Å². The molecule has 3 aromatic rings. The lowest BCUT2D eigenvalue weighted by Crippen LogP contribution is -2.14. The zero-order valence-electron chi connectivity index (χ0n) is 13.9. The van der Waals surface area contributed by atoms with Crippen molar-refractivity contribution in [2.75, 3.05) is 11.1 Å². The molecule has 1 N–H and O–H groups in total. The van der Waals surface area contributed by atoms with Crippen LogP contribution < -0.4 is 5.32 Å². The fourth-order valence-corrected chi connectivity index (χ4v) is 3.07. The van der Waals surface area contributed by atoms with E-state index in [0.29, 0.717) is 16.0 Å². The fraction of sp³-hybridized carbons (Fsp3) is 0.158. The SMILES string of the molecule is Cc1ccc(NC(=O)CSc2ncc(-c3ccc(Cl)cc3)o2)c(C)c1. The first-order valence-corrected chi connectivity index (χ1v) is 9.09. The molecule has 3 rings (SSSR count). The minimum absolute atomic E-state index is 0.0943. The highest BCUT2D eigenvalue weighted by Crippen LogP contribution is 2.26. The Hall–Kier alpha value is -2.24. The summed E-state index contributed by atoms with van der Waals surface area (Å²) in [5.41, 5.74) is 3.92. The van der Waals surface area contributed by atoms with Crippen molar-refractivity contribution >= 4 is 35.0 Å². The number of hydrogen-bond donors (Lipinski definition) is 1. The molecule has 0 bridgehead atoms. The van der Waals surface area contributed by atoms with Crippen LogP contribution in [0.5, 0.6) is 0 Å². The van der Waals surface area contributed by atoms with Gasteiger partial charge in [0.1, 0.15) is 0 Å².